The molecule has 2 N–H and O–H groups in total. The zero-order valence-corrected chi connectivity index (χ0v) is 14.8. The number of hydrogen-bond acceptors (Lipinski definition) is 5. The number of benzene rings is 1. The average Bonchev–Trinajstić information content (AvgIpc) is 3.00. The van der Waals surface area contributed by atoms with Crippen LogP contribution >= 0.6 is 0 Å². The molecule has 134 valence electrons. The van der Waals surface area contributed by atoms with Crippen molar-refractivity contribution in [3.63, 3.8) is 0 Å². The van der Waals surface area contributed by atoms with Crippen molar-refractivity contribution in [2.24, 2.45) is 0 Å². The van der Waals surface area contributed by atoms with Crippen LogP contribution in [-0.4, -0.2) is 50.7 Å². The molecular weight excluding hydrogens is 330 g/mol. The molecule has 1 aliphatic rings. The second-order valence-electron chi connectivity index (χ2n) is 6.70. The monoisotopic (exact) mass is 351 g/mol. The first-order valence-electron chi connectivity index (χ1n) is 8.67. The topological polar surface area (TPSA) is 85.8 Å². The van der Waals surface area contributed by atoms with Crippen LogP contribution in [0.15, 0.2) is 42.5 Å². The van der Waals surface area contributed by atoms with Gasteiger partial charge in [-0.15, -0.1) is 5.10 Å². The zero-order valence-electron chi connectivity index (χ0n) is 14.8. The Bertz CT molecular complexity index is 940. The van der Waals surface area contributed by atoms with Crippen molar-refractivity contribution in [1.82, 2.24) is 19.5 Å². The first kappa shape index (κ1) is 16.5. The van der Waals surface area contributed by atoms with E-state index in [1.807, 2.05) is 61.2 Å². The minimum Gasteiger partial charge on any atom is -0.372 e. The van der Waals surface area contributed by atoms with Gasteiger partial charge in [0.15, 0.2) is 5.65 Å². The third kappa shape index (κ3) is 3.01. The maximum absolute atomic E-state index is 12.8. The number of hydrogen-bond donors (Lipinski definition) is 1. The molecule has 1 saturated heterocycles. The Labute approximate surface area is 151 Å². The van der Waals surface area contributed by atoms with Crippen LogP contribution in [0, 0.1) is 0 Å². The normalized spacial score (nSPS) is 20.5. The number of pyridine rings is 1. The van der Waals surface area contributed by atoms with Gasteiger partial charge in [0.05, 0.1) is 17.9 Å². The number of amides is 1. The molecule has 4 rings (SSSR count). The Morgan fingerprint density at radius 3 is 2.50 bits per heavy atom. The molecule has 1 fully saturated rings. The largest absolute Gasteiger partial charge is 0.372 e. The van der Waals surface area contributed by atoms with Gasteiger partial charge in [0.2, 0.25) is 5.95 Å². The highest BCUT2D eigenvalue weighted by molar-refractivity contribution is 5.94. The van der Waals surface area contributed by atoms with Crippen molar-refractivity contribution < 1.29 is 9.53 Å². The molecule has 7 heteroatoms. The van der Waals surface area contributed by atoms with E-state index >= 15 is 0 Å². The molecule has 1 aromatic carbocycles. The summed E-state index contributed by atoms with van der Waals surface area (Å²) < 4.78 is 7.41. The predicted molar refractivity (Wildman–Crippen MR) is 98.7 cm³/mol. The number of ether oxygens (including phenoxy) is 1. The second-order valence-corrected chi connectivity index (χ2v) is 6.70. The Morgan fingerprint density at radius 2 is 1.81 bits per heavy atom. The summed E-state index contributed by atoms with van der Waals surface area (Å²) in [6, 6.07) is 13.3. The molecule has 26 heavy (non-hydrogen) atoms. The number of carbonyl (C=O) groups is 1. The fourth-order valence-electron chi connectivity index (χ4n) is 3.45. The molecule has 0 bridgehead atoms. The number of aromatic nitrogens is 3. The van der Waals surface area contributed by atoms with Gasteiger partial charge < -0.3 is 15.4 Å². The third-order valence-electron chi connectivity index (χ3n) is 4.51. The summed E-state index contributed by atoms with van der Waals surface area (Å²) in [6.45, 7) is 5.21. The Hall–Kier alpha value is -2.93. The van der Waals surface area contributed by atoms with Crippen molar-refractivity contribution >= 4 is 17.5 Å². The van der Waals surface area contributed by atoms with E-state index in [9.17, 15) is 4.79 Å². The standard InChI is InChI=1S/C19H21N5O2/c1-12-10-23(11-13(2)26-12)18(25)15-8-6-14(7-9-15)16-4-3-5-17-21-19(20)22-24(16)17/h3-9,12-13H,10-11H2,1-2H3,(H2,20,22). The van der Waals surface area contributed by atoms with Gasteiger partial charge >= 0.3 is 0 Å². The van der Waals surface area contributed by atoms with Crippen LogP contribution < -0.4 is 5.73 Å². The highest BCUT2D eigenvalue weighted by Gasteiger charge is 2.26. The summed E-state index contributed by atoms with van der Waals surface area (Å²) in [7, 11) is 0. The van der Waals surface area contributed by atoms with Crippen molar-refractivity contribution in [3.05, 3.63) is 48.0 Å². The number of anilines is 1. The van der Waals surface area contributed by atoms with Crippen LogP contribution in [0.4, 0.5) is 5.95 Å². The van der Waals surface area contributed by atoms with Gasteiger partial charge in [-0.1, -0.05) is 18.2 Å². The van der Waals surface area contributed by atoms with Crippen molar-refractivity contribution in [3.8, 4) is 11.3 Å². The third-order valence-corrected chi connectivity index (χ3v) is 4.51. The fourth-order valence-corrected chi connectivity index (χ4v) is 3.45. The molecule has 1 amide bonds. The number of nitrogen functional groups attached to an aromatic ring is 1. The molecule has 2 aromatic heterocycles. The molecule has 2 unspecified atom stereocenters. The van der Waals surface area contributed by atoms with Gasteiger partial charge in [0.25, 0.3) is 5.91 Å². The van der Waals surface area contributed by atoms with Gasteiger partial charge in [-0.05, 0) is 38.1 Å². The number of nitrogens with two attached hydrogens (primary N) is 1. The van der Waals surface area contributed by atoms with Crippen LogP contribution in [0.2, 0.25) is 0 Å². The first-order valence-corrected chi connectivity index (χ1v) is 8.67. The van der Waals surface area contributed by atoms with Crippen molar-refractivity contribution in [2.75, 3.05) is 18.8 Å². The van der Waals surface area contributed by atoms with Crippen LogP contribution in [-0.2, 0) is 4.74 Å². The molecule has 7 nitrogen and oxygen atoms in total. The van der Waals surface area contributed by atoms with E-state index in [1.165, 1.54) is 0 Å². The van der Waals surface area contributed by atoms with Gasteiger partial charge in [0, 0.05) is 24.2 Å². The lowest BCUT2D eigenvalue weighted by molar-refractivity contribution is -0.0586. The SMILES string of the molecule is CC1CN(C(=O)c2ccc(-c3cccc4nc(N)nn34)cc2)CC(C)O1. The van der Waals surface area contributed by atoms with E-state index in [-0.39, 0.29) is 24.1 Å². The lowest BCUT2D eigenvalue weighted by Crippen LogP contribution is -2.48. The van der Waals surface area contributed by atoms with Crippen LogP contribution in [0.1, 0.15) is 24.2 Å². The zero-order chi connectivity index (χ0) is 18.3. The van der Waals surface area contributed by atoms with E-state index in [0.29, 0.717) is 24.3 Å². The molecule has 1 aliphatic heterocycles. The van der Waals surface area contributed by atoms with Crippen LogP contribution in [0.25, 0.3) is 16.9 Å². The predicted octanol–water partition coefficient (Wildman–Crippen LogP) is 2.23. The first-order chi connectivity index (χ1) is 12.5. The van der Waals surface area contributed by atoms with Crippen LogP contribution in [0.3, 0.4) is 0 Å². The Kier molecular flexibility index (Phi) is 4.08. The lowest BCUT2D eigenvalue weighted by Gasteiger charge is -2.35. The van der Waals surface area contributed by atoms with Crippen LogP contribution in [0.5, 0.6) is 0 Å². The molecule has 0 spiro atoms. The minimum absolute atomic E-state index is 0.0294. The molecule has 0 aliphatic carbocycles. The fraction of sp³-hybridized carbons (Fsp3) is 0.316. The molecule has 3 aromatic rings. The van der Waals surface area contributed by atoms with Crippen molar-refractivity contribution in [1.29, 1.82) is 0 Å². The van der Waals surface area contributed by atoms with E-state index in [1.54, 1.807) is 4.52 Å². The summed E-state index contributed by atoms with van der Waals surface area (Å²) in [4.78, 5) is 18.8. The molecule has 0 radical (unpaired) electrons. The summed E-state index contributed by atoms with van der Waals surface area (Å²) in [5, 5.41) is 4.23. The maximum Gasteiger partial charge on any atom is 0.254 e. The highest BCUT2D eigenvalue weighted by atomic mass is 16.5. The Balaban J connectivity index is 1.61. The van der Waals surface area contributed by atoms with Gasteiger partial charge in [-0.2, -0.15) is 4.98 Å². The summed E-state index contributed by atoms with van der Waals surface area (Å²) in [5.74, 6) is 0.265. The molecular formula is C19H21N5O2. The smallest absolute Gasteiger partial charge is 0.254 e. The number of rotatable bonds is 2. The molecule has 3 heterocycles. The van der Waals surface area contributed by atoms with Crippen molar-refractivity contribution in [2.45, 2.75) is 26.1 Å². The average molecular weight is 351 g/mol. The molecule has 0 saturated carbocycles. The number of nitrogens with zero attached hydrogens (tertiary/aromatic N) is 4. The van der Waals surface area contributed by atoms with E-state index in [0.717, 1.165) is 11.3 Å². The quantitative estimate of drug-likeness (QED) is 0.765. The van der Waals surface area contributed by atoms with E-state index < -0.39 is 0 Å². The summed E-state index contributed by atoms with van der Waals surface area (Å²) in [5.41, 5.74) is 8.88. The van der Waals surface area contributed by atoms with Gasteiger partial charge in [0.1, 0.15) is 0 Å². The van der Waals surface area contributed by atoms with Gasteiger partial charge in [-0.25, -0.2) is 4.52 Å². The minimum atomic E-state index is 0.0294. The molecule has 2 atom stereocenters. The summed E-state index contributed by atoms with van der Waals surface area (Å²) in [6.07, 6.45) is 0.106. The number of morpholine rings is 1. The Morgan fingerprint density at radius 1 is 1.12 bits per heavy atom. The highest BCUT2D eigenvalue weighted by Crippen LogP contribution is 2.22. The summed E-state index contributed by atoms with van der Waals surface area (Å²) >= 11 is 0. The van der Waals surface area contributed by atoms with E-state index in [4.69, 9.17) is 10.5 Å². The maximum atomic E-state index is 12.8. The number of fused-ring (bicyclic) bond motifs is 1. The lowest BCUT2D eigenvalue weighted by atomic mass is 10.1. The van der Waals surface area contributed by atoms with Gasteiger partial charge in [-0.3, -0.25) is 4.79 Å². The number of carbonyl (C=O) groups excluding carboxylic acids is 1. The second kappa shape index (κ2) is 6.42. The van der Waals surface area contributed by atoms with E-state index in [2.05, 4.69) is 10.1 Å².